The minimum atomic E-state index is -0.237. The first-order chi connectivity index (χ1) is 12.8. The van der Waals surface area contributed by atoms with Crippen molar-refractivity contribution in [3.8, 4) is 5.69 Å². The van der Waals surface area contributed by atoms with Gasteiger partial charge in [-0.15, -0.1) is 0 Å². The molecule has 0 saturated carbocycles. The van der Waals surface area contributed by atoms with Gasteiger partial charge >= 0.3 is 0 Å². The third-order valence-corrected chi connectivity index (χ3v) is 4.23. The summed E-state index contributed by atoms with van der Waals surface area (Å²) in [6.45, 7) is 2.89. The lowest BCUT2D eigenvalue weighted by Crippen LogP contribution is -2.19. The Kier molecular flexibility index (Phi) is 4.23. The van der Waals surface area contributed by atoms with Gasteiger partial charge in [0.15, 0.2) is 0 Å². The molecule has 130 valence electrons. The maximum absolute atomic E-state index is 12.9. The van der Waals surface area contributed by atoms with Crippen LogP contribution in [0.5, 0.6) is 0 Å². The first-order valence-corrected chi connectivity index (χ1v) is 8.62. The number of nitrogens with zero attached hydrogens (tertiary/aromatic N) is 4. The van der Waals surface area contributed by atoms with Crippen molar-refractivity contribution in [2.75, 3.05) is 5.32 Å². The number of aromatic nitrogens is 4. The van der Waals surface area contributed by atoms with Gasteiger partial charge in [-0.3, -0.25) is 14.7 Å². The largest absolute Gasteiger partial charge is 0.310 e. The van der Waals surface area contributed by atoms with E-state index in [1.54, 1.807) is 17.1 Å². The molecule has 4 rings (SSSR count). The average Bonchev–Trinajstić information content (AvgIpc) is 3.28. The predicted octanol–water partition coefficient (Wildman–Crippen LogP) is 3.88. The number of carbonyl (C=O) groups is 1. The summed E-state index contributed by atoms with van der Waals surface area (Å²) in [5.41, 5.74) is 3.23. The molecule has 2 aromatic carbocycles. The van der Waals surface area contributed by atoms with Gasteiger partial charge in [0, 0.05) is 12.2 Å². The summed E-state index contributed by atoms with van der Waals surface area (Å²) in [6, 6.07) is 17.6. The summed E-state index contributed by atoms with van der Waals surface area (Å²) in [4.78, 5) is 21.6. The lowest BCUT2D eigenvalue weighted by molar-refractivity contribution is 0.101. The molecule has 0 aliphatic carbocycles. The van der Waals surface area contributed by atoms with Gasteiger partial charge in [0.05, 0.1) is 23.6 Å². The van der Waals surface area contributed by atoms with E-state index >= 15 is 0 Å². The normalized spacial score (nSPS) is 11.0. The van der Waals surface area contributed by atoms with Crippen molar-refractivity contribution in [3.05, 3.63) is 72.8 Å². The second-order valence-corrected chi connectivity index (χ2v) is 6.01. The number of carbonyl (C=O) groups excluding carboxylic acids is 1. The Bertz CT molecular complexity index is 1050. The first-order valence-electron chi connectivity index (χ1n) is 8.62. The molecule has 0 spiro atoms. The summed E-state index contributed by atoms with van der Waals surface area (Å²) < 4.78 is 3.80. The van der Waals surface area contributed by atoms with E-state index in [9.17, 15) is 4.79 Å². The van der Waals surface area contributed by atoms with Crippen LogP contribution in [0.3, 0.4) is 0 Å². The van der Waals surface area contributed by atoms with Crippen molar-refractivity contribution in [3.63, 3.8) is 0 Å². The summed E-state index contributed by atoms with van der Waals surface area (Å²) >= 11 is 0. The van der Waals surface area contributed by atoms with E-state index in [2.05, 4.69) is 22.2 Å². The predicted molar refractivity (Wildman–Crippen MR) is 102 cm³/mol. The van der Waals surface area contributed by atoms with E-state index in [0.717, 1.165) is 29.7 Å². The number of imidazole rings is 2. The number of anilines is 1. The van der Waals surface area contributed by atoms with Crippen molar-refractivity contribution >= 4 is 22.9 Å². The second-order valence-electron chi connectivity index (χ2n) is 6.01. The van der Waals surface area contributed by atoms with E-state index in [4.69, 9.17) is 0 Å². The lowest BCUT2D eigenvalue weighted by atomic mass is 10.3. The second kappa shape index (κ2) is 6.84. The zero-order chi connectivity index (χ0) is 17.9. The molecular weight excluding hydrogens is 326 g/mol. The van der Waals surface area contributed by atoms with Gasteiger partial charge in [-0.2, -0.15) is 0 Å². The molecule has 0 saturated heterocycles. The molecule has 26 heavy (non-hydrogen) atoms. The monoisotopic (exact) mass is 345 g/mol. The van der Waals surface area contributed by atoms with Crippen LogP contribution in [0, 0.1) is 0 Å². The number of fused-ring (bicyclic) bond motifs is 1. The number of rotatable bonds is 5. The van der Waals surface area contributed by atoms with Gasteiger partial charge in [0.2, 0.25) is 5.95 Å². The van der Waals surface area contributed by atoms with Crippen LogP contribution in [0.4, 0.5) is 5.95 Å². The molecule has 0 aliphatic rings. The number of para-hydroxylation sites is 3. The highest BCUT2D eigenvalue weighted by atomic mass is 16.2. The zero-order valence-corrected chi connectivity index (χ0v) is 14.5. The molecule has 0 atom stereocenters. The van der Waals surface area contributed by atoms with Crippen molar-refractivity contribution in [2.24, 2.45) is 0 Å². The molecule has 2 heterocycles. The van der Waals surface area contributed by atoms with E-state index in [-0.39, 0.29) is 5.91 Å². The minimum absolute atomic E-state index is 0.237. The van der Waals surface area contributed by atoms with E-state index in [1.165, 1.54) is 0 Å². The molecule has 1 amide bonds. The van der Waals surface area contributed by atoms with Crippen LogP contribution in [0.15, 0.2) is 67.1 Å². The van der Waals surface area contributed by atoms with Crippen LogP contribution in [0.2, 0.25) is 0 Å². The first kappa shape index (κ1) is 16.1. The highest BCUT2D eigenvalue weighted by molar-refractivity contribution is 6.03. The lowest BCUT2D eigenvalue weighted by Gasteiger charge is -2.10. The number of hydrogen-bond acceptors (Lipinski definition) is 3. The molecule has 4 aromatic rings. The van der Waals surface area contributed by atoms with Gasteiger partial charge in [-0.05, 0) is 30.7 Å². The van der Waals surface area contributed by atoms with Gasteiger partial charge in [0.1, 0.15) is 5.69 Å². The van der Waals surface area contributed by atoms with Crippen LogP contribution in [-0.4, -0.2) is 25.0 Å². The Morgan fingerprint density at radius 1 is 1.08 bits per heavy atom. The Morgan fingerprint density at radius 2 is 1.85 bits per heavy atom. The fourth-order valence-electron chi connectivity index (χ4n) is 3.04. The fourth-order valence-corrected chi connectivity index (χ4v) is 3.04. The van der Waals surface area contributed by atoms with E-state index < -0.39 is 0 Å². The third kappa shape index (κ3) is 2.86. The van der Waals surface area contributed by atoms with Crippen LogP contribution in [-0.2, 0) is 6.54 Å². The Hall–Kier alpha value is -3.41. The number of nitrogens with one attached hydrogen (secondary N) is 1. The molecule has 0 aliphatic heterocycles. The summed E-state index contributed by atoms with van der Waals surface area (Å²) in [6.07, 6.45) is 4.15. The Morgan fingerprint density at radius 3 is 2.65 bits per heavy atom. The zero-order valence-electron chi connectivity index (χ0n) is 14.5. The molecular formula is C20H19N5O. The third-order valence-electron chi connectivity index (χ3n) is 4.23. The van der Waals surface area contributed by atoms with Gasteiger partial charge in [-0.1, -0.05) is 37.3 Å². The number of aryl methyl sites for hydroxylation is 1. The molecule has 0 unspecified atom stereocenters. The summed E-state index contributed by atoms with van der Waals surface area (Å²) in [7, 11) is 0. The topological polar surface area (TPSA) is 64.7 Å². The summed E-state index contributed by atoms with van der Waals surface area (Å²) in [5, 5.41) is 2.95. The molecule has 6 nitrogen and oxygen atoms in total. The highest BCUT2D eigenvalue weighted by Crippen LogP contribution is 2.21. The van der Waals surface area contributed by atoms with Crippen molar-refractivity contribution in [1.82, 2.24) is 19.1 Å². The fraction of sp³-hybridized carbons (Fsp3) is 0.150. The maximum Gasteiger partial charge on any atom is 0.276 e. The number of benzene rings is 2. The standard InChI is InChI=1S/C20H19N5O/c1-2-12-24-17-11-7-6-10-16(17)22-20(24)23-19(26)18-13-21-14-25(18)15-8-4-3-5-9-15/h3-11,13-14H,2,12H2,1H3,(H,22,23,26). The molecule has 6 heteroatoms. The van der Waals surface area contributed by atoms with Gasteiger partial charge < -0.3 is 4.57 Å². The van der Waals surface area contributed by atoms with Gasteiger partial charge in [0.25, 0.3) is 5.91 Å². The van der Waals surface area contributed by atoms with E-state index in [0.29, 0.717) is 11.6 Å². The molecule has 2 aromatic heterocycles. The molecule has 0 bridgehead atoms. The quantitative estimate of drug-likeness (QED) is 0.597. The minimum Gasteiger partial charge on any atom is -0.310 e. The number of hydrogen-bond donors (Lipinski definition) is 1. The number of amides is 1. The Labute approximate surface area is 151 Å². The van der Waals surface area contributed by atoms with Crippen LogP contribution in [0.1, 0.15) is 23.8 Å². The molecule has 0 radical (unpaired) electrons. The van der Waals surface area contributed by atoms with Crippen LogP contribution < -0.4 is 5.32 Å². The van der Waals surface area contributed by atoms with E-state index in [1.807, 2.05) is 59.2 Å². The van der Waals surface area contributed by atoms with Crippen molar-refractivity contribution in [1.29, 1.82) is 0 Å². The Balaban J connectivity index is 1.69. The average molecular weight is 345 g/mol. The highest BCUT2D eigenvalue weighted by Gasteiger charge is 2.17. The molecule has 0 fully saturated rings. The smallest absolute Gasteiger partial charge is 0.276 e. The van der Waals surface area contributed by atoms with Crippen molar-refractivity contribution < 1.29 is 4.79 Å². The van der Waals surface area contributed by atoms with Crippen LogP contribution in [0.25, 0.3) is 16.7 Å². The van der Waals surface area contributed by atoms with Crippen LogP contribution >= 0.6 is 0 Å². The maximum atomic E-state index is 12.9. The van der Waals surface area contributed by atoms with Crippen molar-refractivity contribution in [2.45, 2.75) is 19.9 Å². The van der Waals surface area contributed by atoms with Gasteiger partial charge in [-0.25, -0.2) is 9.97 Å². The molecule has 1 N–H and O–H groups in total. The SMILES string of the molecule is CCCn1c(NC(=O)c2cncn2-c2ccccc2)nc2ccccc21. The summed E-state index contributed by atoms with van der Waals surface area (Å²) in [5.74, 6) is 0.317.